The molecule has 0 aliphatic rings. The molecule has 0 radical (unpaired) electrons. The molecule has 1 amide bonds. The standard InChI is InChI=1S/C11H18N2O2/c1-9(2)8-13(7-6-12)10(14)15-11(3,4)5/h1,7-8H2,2-5H3. The number of nitrogens with zero attached hydrogens (tertiary/aromatic N) is 2. The number of hydrogen-bond acceptors (Lipinski definition) is 3. The van der Waals surface area contributed by atoms with Gasteiger partial charge >= 0.3 is 6.09 Å². The van der Waals surface area contributed by atoms with E-state index < -0.39 is 11.7 Å². The highest BCUT2D eigenvalue weighted by Crippen LogP contribution is 2.10. The maximum Gasteiger partial charge on any atom is 0.411 e. The number of rotatable bonds is 3. The van der Waals surface area contributed by atoms with Gasteiger partial charge in [-0.1, -0.05) is 12.2 Å². The average Bonchev–Trinajstić information content (AvgIpc) is 1.99. The van der Waals surface area contributed by atoms with Gasteiger partial charge in [-0.2, -0.15) is 5.26 Å². The molecule has 0 bridgehead atoms. The second kappa shape index (κ2) is 5.40. The Morgan fingerprint density at radius 2 is 2.07 bits per heavy atom. The van der Waals surface area contributed by atoms with E-state index in [0.29, 0.717) is 6.54 Å². The molecular formula is C11H18N2O2. The lowest BCUT2D eigenvalue weighted by molar-refractivity contribution is 0.0290. The monoisotopic (exact) mass is 210 g/mol. The summed E-state index contributed by atoms with van der Waals surface area (Å²) in [5, 5.41) is 8.57. The summed E-state index contributed by atoms with van der Waals surface area (Å²) in [7, 11) is 0. The Kier molecular flexibility index (Phi) is 4.86. The van der Waals surface area contributed by atoms with E-state index in [9.17, 15) is 4.79 Å². The van der Waals surface area contributed by atoms with Crippen LogP contribution in [-0.4, -0.2) is 29.7 Å². The molecule has 84 valence electrons. The van der Waals surface area contributed by atoms with E-state index in [1.54, 1.807) is 27.7 Å². The molecule has 0 aliphatic heterocycles. The third kappa shape index (κ3) is 6.55. The number of amides is 1. The highest BCUT2D eigenvalue weighted by atomic mass is 16.6. The van der Waals surface area contributed by atoms with Crippen LogP contribution in [0, 0.1) is 11.3 Å². The van der Waals surface area contributed by atoms with Gasteiger partial charge in [-0.3, -0.25) is 4.90 Å². The molecule has 0 N–H and O–H groups in total. The molecule has 0 rings (SSSR count). The van der Waals surface area contributed by atoms with E-state index in [1.807, 2.05) is 6.07 Å². The molecular weight excluding hydrogens is 192 g/mol. The molecule has 4 nitrogen and oxygen atoms in total. The van der Waals surface area contributed by atoms with Gasteiger partial charge in [0.2, 0.25) is 0 Å². The first-order valence-electron chi connectivity index (χ1n) is 4.75. The molecule has 0 aliphatic carbocycles. The summed E-state index contributed by atoms with van der Waals surface area (Å²) in [6.45, 7) is 11.2. The number of carbonyl (C=O) groups excluding carboxylic acids is 1. The number of hydrogen-bond donors (Lipinski definition) is 0. The lowest BCUT2D eigenvalue weighted by Crippen LogP contribution is -2.37. The first-order chi connectivity index (χ1) is 6.76. The van der Waals surface area contributed by atoms with Crippen LogP contribution in [0.25, 0.3) is 0 Å². The Balaban J connectivity index is 4.43. The molecule has 4 heteroatoms. The van der Waals surface area contributed by atoms with Crippen molar-refractivity contribution in [2.24, 2.45) is 0 Å². The maximum absolute atomic E-state index is 11.6. The van der Waals surface area contributed by atoms with Crippen molar-refractivity contribution >= 4 is 6.09 Å². The van der Waals surface area contributed by atoms with Crippen molar-refractivity contribution in [1.82, 2.24) is 4.90 Å². The molecule has 0 aromatic heterocycles. The molecule has 15 heavy (non-hydrogen) atoms. The van der Waals surface area contributed by atoms with Gasteiger partial charge in [0.15, 0.2) is 0 Å². The summed E-state index contributed by atoms with van der Waals surface area (Å²) < 4.78 is 5.15. The van der Waals surface area contributed by atoms with Gasteiger partial charge < -0.3 is 4.74 Å². The van der Waals surface area contributed by atoms with Crippen molar-refractivity contribution in [3.8, 4) is 6.07 Å². The molecule has 0 saturated carbocycles. The van der Waals surface area contributed by atoms with Crippen molar-refractivity contribution in [1.29, 1.82) is 5.26 Å². The largest absolute Gasteiger partial charge is 0.444 e. The van der Waals surface area contributed by atoms with E-state index in [4.69, 9.17) is 10.00 Å². The van der Waals surface area contributed by atoms with E-state index in [-0.39, 0.29) is 6.54 Å². The first-order valence-corrected chi connectivity index (χ1v) is 4.75. The fraction of sp³-hybridized carbons (Fsp3) is 0.636. The normalized spacial score (nSPS) is 10.3. The Morgan fingerprint density at radius 1 is 1.53 bits per heavy atom. The second-order valence-corrected chi connectivity index (χ2v) is 4.45. The number of nitriles is 1. The zero-order chi connectivity index (χ0) is 12.1. The maximum atomic E-state index is 11.6. The number of carbonyl (C=O) groups is 1. The van der Waals surface area contributed by atoms with E-state index in [0.717, 1.165) is 5.57 Å². The van der Waals surface area contributed by atoms with Gasteiger partial charge in [0, 0.05) is 6.54 Å². The van der Waals surface area contributed by atoms with Gasteiger partial charge in [-0.05, 0) is 27.7 Å². The van der Waals surface area contributed by atoms with Gasteiger partial charge in [-0.15, -0.1) is 0 Å². The third-order valence-corrected chi connectivity index (χ3v) is 1.37. The number of ether oxygens (including phenoxy) is 1. The molecule has 0 spiro atoms. The van der Waals surface area contributed by atoms with Crippen molar-refractivity contribution in [2.75, 3.05) is 13.1 Å². The van der Waals surface area contributed by atoms with Crippen LogP contribution in [0.5, 0.6) is 0 Å². The van der Waals surface area contributed by atoms with Crippen LogP contribution in [0.4, 0.5) is 4.79 Å². The Morgan fingerprint density at radius 3 is 2.40 bits per heavy atom. The van der Waals surface area contributed by atoms with Crippen molar-refractivity contribution in [2.45, 2.75) is 33.3 Å². The van der Waals surface area contributed by atoms with Crippen LogP contribution in [0.2, 0.25) is 0 Å². The van der Waals surface area contributed by atoms with Crippen LogP contribution >= 0.6 is 0 Å². The zero-order valence-electron chi connectivity index (χ0n) is 9.83. The molecule has 0 unspecified atom stereocenters. The predicted octanol–water partition coefficient (Wildman–Crippen LogP) is 2.32. The molecule has 0 heterocycles. The van der Waals surface area contributed by atoms with Crippen LogP contribution in [0.15, 0.2) is 12.2 Å². The topological polar surface area (TPSA) is 53.3 Å². The van der Waals surface area contributed by atoms with Crippen molar-refractivity contribution in [3.05, 3.63) is 12.2 Å². The summed E-state index contributed by atoms with van der Waals surface area (Å²) in [6.07, 6.45) is -0.480. The summed E-state index contributed by atoms with van der Waals surface area (Å²) in [5.74, 6) is 0. The summed E-state index contributed by atoms with van der Waals surface area (Å²) >= 11 is 0. The molecule has 0 saturated heterocycles. The Hall–Kier alpha value is -1.50. The van der Waals surface area contributed by atoms with Gasteiger partial charge in [0.1, 0.15) is 12.1 Å². The third-order valence-electron chi connectivity index (χ3n) is 1.37. The summed E-state index contributed by atoms with van der Waals surface area (Å²) in [5.41, 5.74) is 0.274. The lowest BCUT2D eigenvalue weighted by atomic mass is 10.2. The van der Waals surface area contributed by atoms with Crippen LogP contribution < -0.4 is 0 Å². The summed E-state index contributed by atoms with van der Waals surface area (Å²) in [4.78, 5) is 12.9. The Bertz CT molecular complexity index is 284. The summed E-state index contributed by atoms with van der Waals surface area (Å²) in [6, 6.07) is 1.92. The Labute approximate surface area is 91.1 Å². The van der Waals surface area contributed by atoms with Gasteiger partial charge in [0.25, 0.3) is 0 Å². The van der Waals surface area contributed by atoms with Gasteiger partial charge in [0.05, 0.1) is 6.07 Å². The van der Waals surface area contributed by atoms with E-state index in [2.05, 4.69) is 6.58 Å². The van der Waals surface area contributed by atoms with Gasteiger partial charge in [-0.25, -0.2) is 4.79 Å². The van der Waals surface area contributed by atoms with E-state index in [1.165, 1.54) is 4.90 Å². The molecule has 0 fully saturated rings. The minimum Gasteiger partial charge on any atom is -0.444 e. The second-order valence-electron chi connectivity index (χ2n) is 4.45. The van der Waals surface area contributed by atoms with Crippen LogP contribution in [-0.2, 0) is 4.74 Å². The zero-order valence-corrected chi connectivity index (χ0v) is 9.83. The molecule has 0 aromatic carbocycles. The highest BCUT2D eigenvalue weighted by Gasteiger charge is 2.21. The van der Waals surface area contributed by atoms with Crippen LogP contribution in [0.1, 0.15) is 27.7 Å². The molecule has 0 atom stereocenters. The fourth-order valence-corrected chi connectivity index (χ4v) is 0.923. The van der Waals surface area contributed by atoms with E-state index >= 15 is 0 Å². The van der Waals surface area contributed by atoms with Crippen molar-refractivity contribution in [3.63, 3.8) is 0 Å². The lowest BCUT2D eigenvalue weighted by Gasteiger charge is -2.25. The SMILES string of the molecule is C=C(C)CN(CC#N)C(=O)OC(C)(C)C. The predicted molar refractivity (Wildman–Crippen MR) is 58.2 cm³/mol. The smallest absolute Gasteiger partial charge is 0.411 e. The minimum absolute atomic E-state index is 0.0156. The fourth-order valence-electron chi connectivity index (χ4n) is 0.923. The highest BCUT2D eigenvalue weighted by molar-refractivity contribution is 5.68. The average molecular weight is 210 g/mol. The minimum atomic E-state index is -0.542. The van der Waals surface area contributed by atoms with Crippen molar-refractivity contribution < 1.29 is 9.53 Å². The van der Waals surface area contributed by atoms with Crippen LogP contribution in [0.3, 0.4) is 0 Å². The first kappa shape index (κ1) is 13.5. The quantitative estimate of drug-likeness (QED) is 0.530. The molecule has 0 aromatic rings.